The molecule has 1 amide bonds. The third-order valence-electron chi connectivity index (χ3n) is 2.62. The highest BCUT2D eigenvalue weighted by Crippen LogP contribution is 2.19. The monoisotopic (exact) mass is 290 g/mol. The van der Waals surface area contributed by atoms with Crippen LogP contribution < -0.4 is 11.1 Å². The second kappa shape index (κ2) is 4.65. The van der Waals surface area contributed by atoms with E-state index in [2.05, 4.69) is 15.5 Å². The number of rotatable bonds is 4. The number of thiocarbonyl (C=S) groups is 1. The molecule has 0 aliphatic carbocycles. The Hall–Kier alpha value is -1.48. The average Bonchev–Trinajstić information content (AvgIpc) is 2.63. The maximum Gasteiger partial charge on any atom is 0.246 e. The van der Waals surface area contributed by atoms with Crippen LogP contribution in [0, 0.1) is 0 Å². The summed E-state index contributed by atoms with van der Waals surface area (Å²) in [5.41, 5.74) is 5.78. The molecule has 0 aliphatic rings. The summed E-state index contributed by atoms with van der Waals surface area (Å²) in [6.45, 7) is 2.63. The Labute approximate surface area is 110 Å². The van der Waals surface area contributed by atoms with Gasteiger partial charge in [0, 0.05) is 6.26 Å². The Bertz CT molecular complexity index is 589. The lowest BCUT2D eigenvalue weighted by atomic mass is 10.2. The Morgan fingerprint density at radius 2 is 2.11 bits per heavy atom. The van der Waals surface area contributed by atoms with Crippen LogP contribution in [0.3, 0.4) is 0 Å². The molecule has 0 saturated heterocycles. The van der Waals surface area contributed by atoms with Crippen molar-refractivity contribution in [1.82, 2.24) is 10.2 Å². The number of carbonyl (C=O) groups is 1. The highest BCUT2D eigenvalue weighted by atomic mass is 32.2. The van der Waals surface area contributed by atoms with Gasteiger partial charge in [0.1, 0.15) is 15.6 Å². The SMILES string of the molecule is CC(C)(C(=O)Nc1[nH]ncc1C(N)=S)S(C)(=O)=O. The van der Waals surface area contributed by atoms with Gasteiger partial charge in [-0.3, -0.25) is 9.89 Å². The number of hydrogen-bond acceptors (Lipinski definition) is 5. The molecule has 4 N–H and O–H groups in total. The number of hydrogen-bond donors (Lipinski definition) is 3. The largest absolute Gasteiger partial charge is 0.389 e. The van der Waals surface area contributed by atoms with Gasteiger partial charge in [-0.15, -0.1) is 0 Å². The van der Waals surface area contributed by atoms with Crippen molar-refractivity contribution in [2.45, 2.75) is 18.6 Å². The number of aromatic nitrogens is 2. The number of amides is 1. The fourth-order valence-electron chi connectivity index (χ4n) is 1.00. The molecule has 0 atom stereocenters. The summed E-state index contributed by atoms with van der Waals surface area (Å²) in [6.07, 6.45) is 2.35. The molecule has 0 radical (unpaired) electrons. The summed E-state index contributed by atoms with van der Waals surface area (Å²) in [6, 6.07) is 0. The predicted molar refractivity (Wildman–Crippen MR) is 72.0 cm³/mol. The lowest BCUT2D eigenvalue weighted by Gasteiger charge is -2.21. The molecule has 0 spiro atoms. The summed E-state index contributed by atoms with van der Waals surface area (Å²) >= 11 is 4.77. The topological polar surface area (TPSA) is 118 Å². The van der Waals surface area contributed by atoms with Crippen LogP contribution in [-0.2, 0) is 14.6 Å². The predicted octanol–water partition coefficient (Wildman–Crippen LogP) is -0.194. The first-order valence-electron chi connectivity index (χ1n) is 4.91. The molecule has 0 bridgehead atoms. The van der Waals surface area contributed by atoms with E-state index in [-0.39, 0.29) is 10.8 Å². The number of nitrogens with two attached hydrogens (primary N) is 1. The van der Waals surface area contributed by atoms with Crippen LogP contribution in [0.4, 0.5) is 5.82 Å². The lowest BCUT2D eigenvalue weighted by Crippen LogP contribution is -2.44. The molecule has 7 nitrogen and oxygen atoms in total. The van der Waals surface area contributed by atoms with Gasteiger partial charge < -0.3 is 11.1 Å². The number of carbonyl (C=O) groups excluding carboxylic acids is 1. The van der Waals surface area contributed by atoms with Gasteiger partial charge in [-0.25, -0.2) is 8.42 Å². The molecular formula is C9H14N4O3S2. The number of aromatic amines is 1. The minimum absolute atomic E-state index is 0.0520. The number of nitrogens with zero attached hydrogens (tertiary/aromatic N) is 1. The van der Waals surface area contributed by atoms with E-state index in [1.54, 1.807) is 0 Å². The Morgan fingerprint density at radius 1 is 1.56 bits per heavy atom. The van der Waals surface area contributed by atoms with Gasteiger partial charge in [-0.1, -0.05) is 12.2 Å². The van der Waals surface area contributed by atoms with Gasteiger partial charge in [-0.05, 0) is 13.8 Å². The number of anilines is 1. The number of sulfone groups is 1. The minimum Gasteiger partial charge on any atom is -0.389 e. The molecule has 1 rings (SSSR count). The van der Waals surface area contributed by atoms with Crippen molar-refractivity contribution >= 4 is 38.8 Å². The van der Waals surface area contributed by atoms with Gasteiger partial charge >= 0.3 is 0 Å². The second-order valence-electron chi connectivity index (χ2n) is 4.26. The summed E-state index contributed by atoms with van der Waals surface area (Å²) in [7, 11) is -3.55. The fraction of sp³-hybridized carbons (Fsp3) is 0.444. The van der Waals surface area contributed by atoms with E-state index >= 15 is 0 Å². The molecule has 0 aromatic carbocycles. The molecule has 18 heavy (non-hydrogen) atoms. The van der Waals surface area contributed by atoms with Crippen molar-refractivity contribution in [2.75, 3.05) is 11.6 Å². The molecule has 100 valence electrons. The van der Waals surface area contributed by atoms with Gasteiger partial charge in [-0.2, -0.15) is 5.10 Å². The van der Waals surface area contributed by atoms with Gasteiger partial charge in [0.15, 0.2) is 9.84 Å². The summed E-state index contributed by atoms with van der Waals surface area (Å²) in [5, 5.41) is 8.60. The Morgan fingerprint density at radius 3 is 2.56 bits per heavy atom. The van der Waals surface area contributed by atoms with E-state index in [9.17, 15) is 13.2 Å². The lowest BCUT2D eigenvalue weighted by molar-refractivity contribution is -0.117. The van der Waals surface area contributed by atoms with Crippen LogP contribution in [-0.4, -0.2) is 40.5 Å². The maximum absolute atomic E-state index is 11.9. The molecule has 9 heteroatoms. The third-order valence-corrected chi connectivity index (χ3v) is 4.88. The van der Waals surface area contributed by atoms with Crippen LogP contribution in [0.5, 0.6) is 0 Å². The van der Waals surface area contributed by atoms with Crippen LogP contribution >= 0.6 is 12.2 Å². The van der Waals surface area contributed by atoms with Crippen molar-refractivity contribution in [2.24, 2.45) is 5.73 Å². The average molecular weight is 290 g/mol. The summed E-state index contributed by atoms with van der Waals surface area (Å²) in [5.74, 6) is -0.504. The van der Waals surface area contributed by atoms with E-state index in [1.807, 2.05) is 0 Å². The smallest absolute Gasteiger partial charge is 0.246 e. The van der Waals surface area contributed by atoms with Crippen molar-refractivity contribution < 1.29 is 13.2 Å². The number of nitrogens with one attached hydrogen (secondary N) is 2. The first-order chi connectivity index (χ1) is 8.07. The molecule has 0 fully saturated rings. The van der Waals surface area contributed by atoms with Crippen LogP contribution in [0.2, 0.25) is 0 Å². The van der Waals surface area contributed by atoms with E-state index in [0.717, 1.165) is 6.26 Å². The normalized spacial score (nSPS) is 12.2. The summed E-state index contributed by atoms with van der Waals surface area (Å²) in [4.78, 5) is 12.0. The molecule has 0 aliphatic heterocycles. The minimum atomic E-state index is -3.55. The zero-order valence-corrected chi connectivity index (χ0v) is 11.8. The maximum atomic E-state index is 11.9. The highest BCUT2D eigenvalue weighted by molar-refractivity contribution is 7.92. The first kappa shape index (κ1) is 14.6. The van der Waals surface area contributed by atoms with E-state index < -0.39 is 20.5 Å². The van der Waals surface area contributed by atoms with Gasteiger partial charge in [0.2, 0.25) is 5.91 Å². The molecular weight excluding hydrogens is 276 g/mol. The van der Waals surface area contributed by atoms with Crippen LogP contribution in [0.1, 0.15) is 19.4 Å². The van der Waals surface area contributed by atoms with E-state index in [0.29, 0.717) is 5.56 Å². The van der Waals surface area contributed by atoms with E-state index in [4.69, 9.17) is 18.0 Å². The third kappa shape index (κ3) is 2.67. The van der Waals surface area contributed by atoms with Crippen molar-refractivity contribution in [3.05, 3.63) is 11.8 Å². The molecule has 0 saturated carbocycles. The quantitative estimate of drug-likeness (QED) is 0.661. The highest BCUT2D eigenvalue weighted by Gasteiger charge is 2.38. The van der Waals surface area contributed by atoms with Crippen LogP contribution in [0.25, 0.3) is 0 Å². The second-order valence-corrected chi connectivity index (χ2v) is 7.26. The van der Waals surface area contributed by atoms with E-state index in [1.165, 1.54) is 20.0 Å². The molecule has 1 heterocycles. The van der Waals surface area contributed by atoms with Crippen molar-refractivity contribution in [3.8, 4) is 0 Å². The summed E-state index contributed by atoms with van der Waals surface area (Å²) < 4.78 is 21.4. The standard InChI is InChI=1S/C9H14N4O3S2/c1-9(2,18(3,15)16)8(14)12-7-5(6(10)17)4-11-13-7/h4H,1-3H3,(H2,10,17)(H2,11,12,13,14). The van der Waals surface area contributed by atoms with Gasteiger partial charge in [0.25, 0.3) is 0 Å². The Kier molecular flexibility index (Phi) is 3.77. The molecule has 1 aromatic heterocycles. The zero-order chi connectivity index (χ0) is 14.1. The first-order valence-corrected chi connectivity index (χ1v) is 7.21. The fourth-order valence-corrected chi connectivity index (χ4v) is 1.54. The van der Waals surface area contributed by atoms with Crippen molar-refractivity contribution in [1.29, 1.82) is 0 Å². The van der Waals surface area contributed by atoms with Gasteiger partial charge in [0.05, 0.1) is 11.8 Å². The number of H-pyrrole nitrogens is 1. The molecule has 1 aromatic rings. The van der Waals surface area contributed by atoms with Crippen molar-refractivity contribution in [3.63, 3.8) is 0 Å². The Balaban J connectivity index is 3.03. The zero-order valence-electron chi connectivity index (χ0n) is 10.1. The molecule has 0 unspecified atom stereocenters. The van der Waals surface area contributed by atoms with Crippen LogP contribution in [0.15, 0.2) is 6.20 Å².